The van der Waals surface area contributed by atoms with E-state index in [9.17, 15) is 14.7 Å². The standard InChI is InChI=1S/C19H21NO6/c1-12(15-10-13(24-2)8-9-17(15)25-3)20-18(22)11-26-19(23)14-6-4-5-7-16(14)21/h4-10,12,21H,11H2,1-3H3,(H,20,22)/t12-/m0/s1. The zero-order chi connectivity index (χ0) is 19.1. The third-order valence-electron chi connectivity index (χ3n) is 3.74. The molecule has 0 heterocycles. The minimum absolute atomic E-state index is 0.00261. The van der Waals surface area contributed by atoms with Crippen molar-refractivity contribution in [2.45, 2.75) is 13.0 Å². The number of aromatic hydroxyl groups is 1. The fourth-order valence-electron chi connectivity index (χ4n) is 2.39. The van der Waals surface area contributed by atoms with E-state index in [-0.39, 0.29) is 11.3 Å². The Hall–Kier alpha value is -3.22. The maximum Gasteiger partial charge on any atom is 0.342 e. The Kier molecular flexibility index (Phi) is 6.43. The van der Waals surface area contributed by atoms with Crippen LogP contribution in [0.25, 0.3) is 0 Å². The molecule has 2 rings (SSSR count). The SMILES string of the molecule is COc1ccc(OC)c([C@H](C)NC(=O)COC(=O)c2ccccc2O)c1. The van der Waals surface area contributed by atoms with Crippen LogP contribution in [-0.4, -0.2) is 37.8 Å². The fraction of sp³-hybridized carbons (Fsp3) is 0.263. The Balaban J connectivity index is 1.97. The van der Waals surface area contributed by atoms with E-state index in [1.165, 1.54) is 19.2 Å². The second-order valence-corrected chi connectivity index (χ2v) is 5.49. The third kappa shape index (κ3) is 4.66. The van der Waals surface area contributed by atoms with Crippen molar-refractivity contribution in [1.29, 1.82) is 0 Å². The highest BCUT2D eigenvalue weighted by atomic mass is 16.5. The molecule has 0 saturated carbocycles. The van der Waals surface area contributed by atoms with Gasteiger partial charge in [-0.1, -0.05) is 12.1 Å². The van der Waals surface area contributed by atoms with Crippen LogP contribution < -0.4 is 14.8 Å². The molecule has 0 saturated heterocycles. The van der Waals surface area contributed by atoms with Gasteiger partial charge in [-0.25, -0.2) is 4.79 Å². The number of hydrogen-bond acceptors (Lipinski definition) is 6. The lowest BCUT2D eigenvalue weighted by Gasteiger charge is -2.18. The Bertz CT molecular complexity index is 789. The summed E-state index contributed by atoms with van der Waals surface area (Å²) in [6.07, 6.45) is 0. The van der Waals surface area contributed by atoms with E-state index in [2.05, 4.69) is 5.32 Å². The van der Waals surface area contributed by atoms with E-state index >= 15 is 0 Å². The molecule has 1 atom stereocenters. The average Bonchev–Trinajstić information content (AvgIpc) is 2.65. The van der Waals surface area contributed by atoms with Crippen molar-refractivity contribution in [2.75, 3.05) is 20.8 Å². The molecule has 138 valence electrons. The number of methoxy groups -OCH3 is 2. The van der Waals surface area contributed by atoms with Crippen LogP contribution in [0, 0.1) is 0 Å². The molecule has 0 radical (unpaired) electrons. The number of hydrogen-bond donors (Lipinski definition) is 2. The molecule has 26 heavy (non-hydrogen) atoms. The van der Waals surface area contributed by atoms with Gasteiger partial charge in [-0.3, -0.25) is 4.79 Å². The summed E-state index contributed by atoms with van der Waals surface area (Å²) in [7, 11) is 3.08. The highest BCUT2D eigenvalue weighted by molar-refractivity contribution is 5.93. The van der Waals surface area contributed by atoms with Gasteiger partial charge in [0.1, 0.15) is 22.8 Å². The average molecular weight is 359 g/mol. The van der Waals surface area contributed by atoms with Crippen LogP contribution in [0.2, 0.25) is 0 Å². The molecule has 2 aromatic rings. The summed E-state index contributed by atoms with van der Waals surface area (Å²) in [5.74, 6) is -0.221. The van der Waals surface area contributed by atoms with Crippen LogP contribution in [0.15, 0.2) is 42.5 Å². The number of para-hydroxylation sites is 1. The van der Waals surface area contributed by atoms with E-state index in [1.54, 1.807) is 44.4 Å². The Morgan fingerprint density at radius 1 is 1.12 bits per heavy atom. The minimum Gasteiger partial charge on any atom is -0.507 e. The Morgan fingerprint density at radius 2 is 1.85 bits per heavy atom. The van der Waals surface area contributed by atoms with Crippen molar-refractivity contribution in [1.82, 2.24) is 5.32 Å². The van der Waals surface area contributed by atoms with Gasteiger partial charge in [0.15, 0.2) is 6.61 Å². The van der Waals surface area contributed by atoms with Crippen molar-refractivity contribution < 1.29 is 28.9 Å². The first kappa shape index (κ1) is 19.1. The molecule has 2 N–H and O–H groups in total. The molecule has 0 aliphatic carbocycles. The first-order valence-corrected chi connectivity index (χ1v) is 7.92. The van der Waals surface area contributed by atoms with Crippen LogP contribution in [0.1, 0.15) is 28.9 Å². The highest BCUT2D eigenvalue weighted by Gasteiger charge is 2.17. The van der Waals surface area contributed by atoms with Crippen molar-refractivity contribution in [3.63, 3.8) is 0 Å². The van der Waals surface area contributed by atoms with Gasteiger partial charge >= 0.3 is 5.97 Å². The topological polar surface area (TPSA) is 94.1 Å². The highest BCUT2D eigenvalue weighted by Crippen LogP contribution is 2.29. The summed E-state index contributed by atoms with van der Waals surface area (Å²) in [6, 6.07) is 10.8. The molecule has 7 nitrogen and oxygen atoms in total. The number of rotatable bonds is 7. The third-order valence-corrected chi connectivity index (χ3v) is 3.74. The summed E-state index contributed by atoms with van der Waals surface area (Å²) in [5, 5.41) is 12.3. The summed E-state index contributed by atoms with van der Waals surface area (Å²) < 4.78 is 15.4. The maximum atomic E-state index is 12.1. The molecule has 0 bridgehead atoms. The van der Waals surface area contributed by atoms with Gasteiger partial charge in [-0.2, -0.15) is 0 Å². The van der Waals surface area contributed by atoms with Crippen LogP contribution in [0.4, 0.5) is 0 Å². The molecule has 2 aromatic carbocycles. The normalized spacial score (nSPS) is 11.3. The van der Waals surface area contributed by atoms with Crippen LogP contribution in [0.3, 0.4) is 0 Å². The lowest BCUT2D eigenvalue weighted by Crippen LogP contribution is -2.31. The second kappa shape index (κ2) is 8.75. The maximum absolute atomic E-state index is 12.1. The zero-order valence-electron chi connectivity index (χ0n) is 14.8. The molecule has 0 spiro atoms. The lowest BCUT2D eigenvalue weighted by molar-refractivity contribution is -0.124. The van der Waals surface area contributed by atoms with E-state index in [0.717, 1.165) is 5.56 Å². The summed E-state index contributed by atoms with van der Waals surface area (Å²) >= 11 is 0. The van der Waals surface area contributed by atoms with Crippen molar-refractivity contribution in [3.05, 3.63) is 53.6 Å². The monoisotopic (exact) mass is 359 g/mol. The molecular formula is C19H21NO6. The number of ether oxygens (including phenoxy) is 3. The van der Waals surface area contributed by atoms with Gasteiger partial charge < -0.3 is 24.6 Å². The quantitative estimate of drug-likeness (QED) is 0.738. The number of carbonyl (C=O) groups excluding carboxylic acids is 2. The molecule has 0 aliphatic heterocycles. The predicted molar refractivity (Wildman–Crippen MR) is 94.5 cm³/mol. The number of phenolic OH excluding ortho intramolecular Hbond substituents is 1. The first-order chi connectivity index (χ1) is 12.5. The molecule has 0 unspecified atom stereocenters. The molecule has 1 amide bonds. The predicted octanol–water partition coefficient (Wildman–Crippen LogP) is 2.44. The minimum atomic E-state index is -0.773. The van der Waals surface area contributed by atoms with Gasteiger partial charge in [-0.15, -0.1) is 0 Å². The van der Waals surface area contributed by atoms with Crippen LogP contribution in [-0.2, 0) is 9.53 Å². The van der Waals surface area contributed by atoms with Crippen molar-refractivity contribution >= 4 is 11.9 Å². The summed E-state index contributed by atoms with van der Waals surface area (Å²) in [5.41, 5.74) is 0.732. The number of esters is 1. The van der Waals surface area contributed by atoms with Gasteiger partial charge in [0.25, 0.3) is 5.91 Å². The van der Waals surface area contributed by atoms with Crippen LogP contribution in [0.5, 0.6) is 17.2 Å². The van der Waals surface area contributed by atoms with Gasteiger partial charge in [0.2, 0.25) is 0 Å². The Morgan fingerprint density at radius 3 is 2.50 bits per heavy atom. The fourth-order valence-corrected chi connectivity index (χ4v) is 2.39. The van der Waals surface area contributed by atoms with Crippen LogP contribution >= 0.6 is 0 Å². The van der Waals surface area contributed by atoms with E-state index in [1.807, 2.05) is 0 Å². The van der Waals surface area contributed by atoms with E-state index < -0.39 is 24.5 Å². The number of phenols is 1. The van der Waals surface area contributed by atoms with Gasteiger partial charge in [0, 0.05) is 5.56 Å². The Labute approximate surface area is 151 Å². The molecular weight excluding hydrogens is 338 g/mol. The summed E-state index contributed by atoms with van der Waals surface area (Å²) in [6.45, 7) is 1.31. The lowest BCUT2D eigenvalue weighted by atomic mass is 10.1. The second-order valence-electron chi connectivity index (χ2n) is 5.49. The number of benzene rings is 2. The number of nitrogens with one attached hydrogen (secondary N) is 1. The van der Waals surface area contributed by atoms with Gasteiger partial charge in [0.05, 0.1) is 20.3 Å². The largest absolute Gasteiger partial charge is 0.507 e. The summed E-state index contributed by atoms with van der Waals surface area (Å²) in [4.78, 5) is 24.0. The molecule has 0 aromatic heterocycles. The molecule has 7 heteroatoms. The smallest absolute Gasteiger partial charge is 0.342 e. The number of amides is 1. The molecule has 0 fully saturated rings. The zero-order valence-corrected chi connectivity index (χ0v) is 14.8. The van der Waals surface area contributed by atoms with E-state index in [0.29, 0.717) is 11.5 Å². The van der Waals surface area contributed by atoms with Crippen molar-refractivity contribution in [3.8, 4) is 17.2 Å². The number of carbonyl (C=O) groups is 2. The van der Waals surface area contributed by atoms with Crippen molar-refractivity contribution in [2.24, 2.45) is 0 Å². The first-order valence-electron chi connectivity index (χ1n) is 7.92. The van der Waals surface area contributed by atoms with E-state index in [4.69, 9.17) is 14.2 Å². The molecule has 0 aliphatic rings. The van der Waals surface area contributed by atoms with Gasteiger partial charge in [-0.05, 0) is 37.3 Å².